The summed E-state index contributed by atoms with van der Waals surface area (Å²) in [6, 6.07) is 9.64. The van der Waals surface area contributed by atoms with E-state index in [4.69, 9.17) is 16.7 Å². The molecular weight excluding hydrogens is 433 g/mol. The van der Waals surface area contributed by atoms with Crippen molar-refractivity contribution in [3.8, 4) is 0 Å². The molecule has 0 fully saturated rings. The van der Waals surface area contributed by atoms with E-state index in [2.05, 4.69) is 15.9 Å². The number of amides is 1. The molecule has 0 bridgehead atoms. The fourth-order valence-corrected chi connectivity index (χ4v) is 4.40. The van der Waals surface area contributed by atoms with Crippen molar-refractivity contribution in [2.75, 3.05) is 4.90 Å². The van der Waals surface area contributed by atoms with Crippen LogP contribution in [-0.4, -0.2) is 22.2 Å². The van der Waals surface area contributed by atoms with Gasteiger partial charge in [0.05, 0.1) is 23.9 Å². The summed E-state index contributed by atoms with van der Waals surface area (Å²) in [6.07, 6.45) is -0.311. The van der Waals surface area contributed by atoms with Gasteiger partial charge in [0.15, 0.2) is 0 Å². The summed E-state index contributed by atoms with van der Waals surface area (Å²) in [7, 11) is 0. The molecule has 25 heavy (non-hydrogen) atoms. The van der Waals surface area contributed by atoms with Crippen LogP contribution in [0, 0.1) is 5.82 Å². The van der Waals surface area contributed by atoms with Crippen LogP contribution in [0.2, 0.25) is 5.02 Å². The molecule has 0 aromatic heterocycles. The second-order valence-corrected chi connectivity index (χ2v) is 8.07. The van der Waals surface area contributed by atoms with Gasteiger partial charge in [-0.15, -0.1) is 11.8 Å². The standard InChI is InChI=1S/C17H12BrClFNO3S/c18-10-2-1-9(12(20)5-10)8-21-13-4-3-11(19)6-14(13)25-15(17(21)24)7-16(22)23/h1-6,15H,7-8H2,(H,22,23). The molecule has 1 N–H and O–H groups in total. The molecule has 0 spiro atoms. The van der Waals surface area contributed by atoms with E-state index in [0.29, 0.717) is 25.6 Å². The number of hydrogen-bond donors (Lipinski definition) is 1. The Morgan fingerprint density at radius 2 is 2.08 bits per heavy atom. The maximum Gasteiger partial charge on any atom is 0.305 e. The van der Waals surface area contributed by atoms with Crippen LogP contribution in [0.1, 0.15) is 12.0 Å². The van der Waals surface area contributed by atoms with E-state index >= 15 is 0 Å². The first-order valence-electron chi connectivity index (χ1n) is 7.28. The highest BCUT2D eigenvalue weighted by Crippen LogP contribution is 2.42. The summed E-state index contributed by atoms with van der Waals surface area (Å²) < 4.78 is 14.8. The molecule has 0 aliphatic carbocycles. The van der Waals surface area contributed by atoms with Gasteiger partial charge in [-0.1, -0.05) is 33.6 Å². The van der Waals surface area contributed by atoms with Crippen molar-refractivity contribution in [3.05, 3.63) is 57.3 Å². The number of anilines is 1. The van der Waals surface area contributed by atoms with Gasteiger partial charge >= 0.3 is 5.97 Å². The minimum atomic E-state index is -1.06. The van der Waals surface area contributed by atoms with Gasteiger partial charge in [-0.3, -0.25) is 9.59 Å². The Labute approximate surface area is 161 Å². The molecule has 4 nitrogen and oxygen atoms in total. The van der Waals surface area contributed by atoms with Gasteiger partial charge in [0.2, 0.25) is 5.91 Å². The van der Waals surface area contributed by atoms with Crippen LogP contribution in [0.4, 0.5) is 10.1 Å². The third-order valence-electron chi connectivity index (χ3n) is 3.73. The van der Waals surface area contributed by atoms with E-state index in [9.17, 15) is 14.0 Å². The SMILES string of the molecule is O=C(O)CC1Sc2cc(Cl)ccc2N(Cc2ccc(Br)cc2F)C1=O. The van der Waals surface area contributed by atoms with Gasteiger partial charge in [0, 0.05) is 20.0 Å². The second-order valence-electron chi connectivity index (χ2n) is 5.48. The minimum absolute atomic E-state index is 0.0171. The third-order valence-corrected chi connectivity index (χ3v) is 5.69. The summed E-state index contributed by atoms with van der Waals surface area (Å²) in [5, 5.41) is 8.78. The number of hydrogen-bond acceptors (Lipinski definition) is 3. The Morgan fingerprint density at radius 3 is 2.76 bits per heavy atom. The summed E-state index contributed by atoms with van der Waals surface area (Å²) in [6.45, 7) is 0.0171. The number of carbonyl (C=O) groups is 2. The monoisotopic (exact) mass is 443 g/mol. The zero-order chi connectivity index (χ0) is 18.1. The lowest BCUT2D eigenvalue weighted by Crippen LogP contribution is -2.41. The highest BCUT2D eigenvalue weighted by Gasteiger charge is 2.35. The second kappa shape index (κ2) is 7.35. The average molecular weight is 445 g/mol. The molecule has 2 aromatic carbocycles. The number of nitrogens with zero attached hydrogens (tertiary/aromatic N) is 1. The highest BCUT2D eigenvalue weighted by molar-refractivity contribution is 9.10. The molecular formula is C17H12BrClFNO3S. The number of thioether (sulfide) groups is 1. The number of halogens is 3. The van der Waals surface area contributed by atoms with Crippen molar-refractivity contribution < 1.29 is 19.1 Å². The zero-order valence-electron chi connectivity index (χ0n) is 12.7. The quantitative estimate of drug-likeness (QED) is 0.741. The molecule has 130 valence electrons. The van der Waals surface area contributed by atoms with Crippen LogP contribution < -0.4 is 4.90 Å². The van der Waals surface area contributed by atoms with Gasteiger partial charge in [-0.05, 0) is 30.3 Å². The third kappa shape index (κ3) is 3.99. The molecule has 1 heterocycles. The lowest BCUT2D eigenvalue weighted by molar-refractivity contribution is -0.138. The van der Waals surface area contributed by atoms with Crippen LogP contribution in [-0.2, 0) is 16.1 Å². The molecule has 8 heteroatoms. The largest absolute Gasteiger partial charge is 0.481 e. The molecule has 0 radical (unpaired) electrons. The van der Waals surface area contributed by atoms with Crippen LogP contribution >= 0.6 is 39.3 Å². The van der Waals surface area contributed by atoms with Gasteiger partial charge in [0.1, 0.15) is 5.82 Å². The highest BCUT2D eigenvalue weighted by atomic mass is 79.9. The topological polar surface area (TPSA) is 57.6 Å². The molecule has 1 unspecified atom stereocenters. The van der Waals surface area contributed by atoms with E-state index < -0.39 is 17.0 Å². The molecule has 1 atom stereocenters. The van der Waals surface area contributed by atoms with Crippen molar-refractivity contribution in [2.45, 2.75) is 23.1 Å². The molecule has 2 aromatic rings. The Hall–Kier alpha value is -1.57. The van der Waals surface area contributed by atoms with Crippen molar-refractivity contribution in [1.29, 1.82) is 0 Å². The molecule has 0 saturated heterocycles. The number of carboxylic acids is 1. The number of aliphatic carboxylic acids is 1. The van der Waals surface area contributed by atoms with E-state index in [1.54, 1.807) is 30.3 Å². The Kier molecular flexibility index (Phi) is 5.36. The summed E-state index contributed by atoms with van der Waals surface area (Å²) in [4.78, 5) is 26.0. The predicted molar refractivity (Wildman–Crippen MR) is 98.6 cm³/mol. The number of fused-ring (bicyclic) bond motifs is 1. The number of benzene rings is 2. The van der Waals surface area contributed by atoms with Crippen LogP contribution in [0.5, 0.6) is 0 Å². The normalized spacial score (nSPS) is 16.7. The van der Waals surface area contributed by atoms with E-state index in [0.717, 1.165) is 0 Å². The first-order chi connectivity index (χ1) is 11.8. The lowest BCUT2D eigenvalue weighted by atomic mass is 10.1. The fourth-order valence-electron chi connectivity index (χ4n) is 2.57. The zero-order valence-corrected chi connectivity index (χ0v) is 15.9. The molecule has 0 saturated carbocycles. The van der Waals surface area contributed by atoms with Crippen molar-refractivity contribution in [3.63, 3.8) is 0 Å². The molecule has 3 rings (SSSR count). The maximum atomic E-state index is 14.2. The molecule has 1 amide bonds. The first-order valence-corrected chi connectivity index (χ1v) is 9.33. The molecule has 1 aliphatic rings. The number of carbonyl (C=O) groups excluding carboxylic acids is 1. The van der Waals surface area contributed by atoms with Gasteiger partial charge in [-0.25, -0.2) is 4.39 Å². The summed E-state index contributed by atoms with van der Waals surface area (Å²) in [5.74, 6) is -1.86. The average Bonchev–Trinajstić information content (AvgIpc) is 2.52. The van der Waals surface area contributed by atoms with Crippen LogP contribution in [0.3, 0.4) is 0 Å². The van der Waals surface area contributed by atoms with Crippen molar-refractivity contribution in [2.24, 2.45) is 0 Å². The van der Waals surface area contributed by atoms with Gasteiger partial charge < -0.3 is 10.0 Å². The van der Waals surface area contributed by atoms with Crippen molar-refractivity contribution >= 4 is 56.9 Å². The number of rotatable bonds is 4. The first kappa shape index (κ1) is 18.2. The summed E-state index contributed by atoms with van der Waals surface area (Å²) >= 11 is 10.4. The number of carboxylic acid groups (broad SMARTS) is 1. The maximum absolute atomic E-state index is 14.2. The Bertz CT molecular complexity index is 864. The Morgan fingerprint density at radius 1 is 1.32 bits per heavy atom. The van der Waals surface area contributed by atoms with Gasteiger partial charge in [0.25, 0.3) is 0 Å². The molecule has 1 aliphatic heterocycles. The van der Waals surface area contributed by atoms with E-state index in [-0.39, 0.29) is 18.9 Å². The smallest absolute Gasteiger partial charge is 0.305 e. The van der Waals surface area contributed by atoms with Crippen molar-refractivity contribution in [1.82, 2.24) is 0 Å². The van der Waals surface area contributed by atoms with Gasteiger partial charge in [-0.2, -0.15) is 0 Å². The van der Waals surface area contributed by atoms with Crippen LogP contribution in [0.15, 0.2) is 45.8 Å². The summed E-state index contributed by atoms with van der Waals surface area (Å²) in [5.41, 5.74) is 0.946. The Balaban J connectivity index is 2.00. The minimum Gasteiger partial charge on any atom is -0.481 e. The van der Waals surface area contributed by atoms with E-state index in [1.807, 2.05) is 0 Å². The fraction of sp³-hybridized carbons (Fsp3) is 0.176. The van der Waals surface area contributed by atoms with Crippen LogP contribution in [0.25, 0.3) is 0 Å². The lowest BCUT2D eigenvalue weighted by Gasteiger charge is -2.33. The van der Waals surface area contributed by atoms with E-state index in [1.165, 1.54) is 22.7 Å². The predicted octanol–water partition coefficient (Wildman–Crippen LogP) is 4.72.